The SMILES string of the molecule is O=C(N[C@@H](NC(=S)Nc1ccc(Br)cc1)C(Cl)(Cl)Cl)c1ccc([N+](=O)[O-])cc1. The number of nitro groups is 1. The third-order valence-corrected chi connectivity index (χ3v) is 4.72. The number of carbonyl (C=O) groups excluding carboxylic acids is 1. The van der Waals surface area contributed by atoms with Gasteiger partial charge in [0.1, 0.15) is 6.17 Å². The van der Waals surface area contributed by atoms with Crippen LogP contribution in [0.4, 0.5) is 11.4 Å². The number of carbonyl (C=O) groups is 1. The van der Waals surface area contributed by atoms with Crippen LogP contribution in [0.15, 0.2) is 53.0 Å². The summed E-state index contributed by atoms with van der Waals surface area (Å²) in [6.45, 7) is 0. The van der Waals surface area contributed by atoms with Gasteiger partial charge in [0.05, 0.1) is 4.92 Å². The van der Waals surface area contributed by atoms with E-state index in [9.17, 15) is 14.9 Å². The summed E-state index contributed by atoms with van der Waals surface area (Å²) in [6, 6.07) is 12.2. The van der Waals surface area contributed by atoms with Gasteiger partial charge in [-0.1, -0.05) is 50.7 Å². The van der Waals surface area contributed by atoms with E-state index in [4.69, 9.17) is 47.0 Å². The van der Waals surface area contributed by atoms with E-state index in [1.807, 2.05) is 12.1 Å². The Bertz CT molecular complexity index is 876. The highest BCUT2D eigenvalue weighted by atomic mass is 79.9. The smallest absolute Gasteiger partial charge is 0.269 e. The fraction of sp³-hybridized carbons (Fsp3) is 0.125. The first-order valence-electron chi connectivity index (χ1n) is 7.51. The summed E-state index contributed by atoms with van der Waals surface area (Å²) in [5.74, 6) is -0.606. The minimum Gasteiger partial charge on any atom is -0.339 e. The topological polar surface area (TPSA) is 96.3 Å². The number of anilines is 1. The van der Waals surface area contributed by atoms with Gasteiger partial charge < -0.3 is 16.0 Å². The van der Waals surface area contributed by atoms with Crippen molar-refractivity contribution in [3.63, 3.8) is 0 Å². The molecule has 0 aromatic heterocycles. The molecular formula is C16H12BrCl3N4O3S. The van der Waals surface area contributed by atoms with Gasteiger partial charge in [-0.25, -0.2) is 0 Å². The number of hydrogen-bond acceptors (Lipinski definition) is 4. The molecule has 2 aromatic rings. The normalized spacial score (nSPS) is 12.0. The van der Waals surface area contributed by atoms with Gasteiger partial charge in [0.25, 0.3) is 11.6 Å². The van der Waals surface area contributed by atoms with Crippen molar-refractivity contribution in [3.8, 4) is 0 Å². The van der Waals surface area contributed by atoms with Crippen molar-refractivity contribution in [2.75, 3.05) is 5.32 Å². The molecule has 0 fully saturated rings. The Balaban J connectivity index is 2.06. The molecule has 0 aliphatic carbocycles. The standard InChI is InChI=1S/C16H12BrCl3N4O3S/c17-10-3-5-11(6-4-10)21-15(28)23-14(16(18,19)20)22-13(25)9-1-7-12(8-2-9)24(26)27/h1-8,14H,(H,22,25)(H2,21,23,28)/t14-/m0/s1. The zero-order valence-corrected chi connectivity index (χ0v) is 18.5. The minimum absolute atomic E-state index is 0.114. The van der Waals surface area contributed by atoms with Gasteiger partial charge in [-0.05, 0) is 48.6 Å². The van der Waals surface area contributed by atoms with E-state index in [1.54, 1.807) is 12.1 Å². The van der Waals surface area contributed by atoms with E-state index in [1.165, 1.54) is 24.3 Å². The predicted octanol–water partition coefficient (Wildman–Crippen LogP) is 4.77. The number of amides is 1. The molecular weight excluding hydrogens is 515 g/mol. The van der Waals surface area contributed by atoms with Gasteiger partial charge in [-0.2, -0.15) is 0 Å². The van der Waals surface area contributed by atoms with Crippen molar-refractivity contribution in [2.24, 2.45) is 0 Å². The molecule has 0 radical (unpaired) electrons. The molecule has 2 rings (SSSR count). The molecule has 0 spiro atoms. The third kappa shape index (κ3) is 6.75. The Morgan fingerprint density at radius 3 is 2.14 bits per heavy atom. The minimum atomic E-state index is -1.93. The van der Waals surface area contributed by atoms with Crippen LogP contribution < -0.4 is 16.0 Å². The average molecular weight is 527 g/mol. The van der Waals surface area contributed by atoms with Crippen molar-refractivity contribution in [2.45, 2.75) is 9.96 Å². The fourth-order valence-corrected chi connectivity index (χ4v) is 2.81. The number of nitrogens with one attached hydrogen (secondary N) is 3. The molecule has 0 saturated heterocycles. The largest absolute Gasteiger partial charge is 0.339 e. The molecule has 12 heteroatoms. The van der Waals surface area contributed by atoms with Crippen LogP contribution in [-0.4, -0.2) is 25.9 Å². The molecule has 1 amide bonds. The first-order chi connectivity index (χ1) is 13.1. The summed E-state index contributed by atoms with van der Waals surface area (Å²) in [5, 5.41) is 18.9. The lowest BCUT2D eigenvalue weighted by atomic mass is 10.2. The number of thiocarbonyl (C=S) groups is 1. The predicted molar refractivity (Wildman–Crippen MR) is 118 cm³/mol. The highest BCUT2D eigenvalue weighted by molar-refractivity contribution is 9.10. The van der Waals surface area contributed by atoms with Crippen molar-refractivity contribution in [1.29, 1.82) is 0 Å². The molecule has 0 unspecified atom stereocenters. The Hall–Kier alpha value is -1.65. The van der Waals surface area contributed by atoms with Crippen molar-refractivity contribution >= 4 is 85.3 Å². The summed E-state index contributed by atoms with van der Waals surface area (Å²) in [7, 11) is 0. The van der Waals surface area contributed by atoms with Gasteiger partial charge >= 0.3 is 0 Å². The van der Waals surface area contributed by atoms with Gasteiger partial charge in [0, 0.05) is 27.9 Å². The number of rotatable bonds is 5. The van der Waals surface area contributed by atoms with E-state index in [0.717, 1.165) is 4.47 Å². The van der Waals surface area contributed by atoms with E-state index in [0.29, 0.717) is 5.69 Å². The molecule has 28 heavy (non-hydrogen) atoms. The zero-order chi connectivity index (χ0) is 20.9. The molecule has 7 nitrogen and oxygen atoms in total. The van der Waals surface area contributed by atoms with Crippen LogP contribution in [0, 0.1) is 10.1 Å². The summed E-state index contributed by atoms with van der Waals surface area (Å²) < 4.78 is -1.03. The van der Waals surface area contributed by atoms with Crippen LogP contribution in [0.1, 0.15) is 10.4 Å². The number of nitrogens with zero attached hydrogens (tertiary/aromatic N) is 1. The Morgan fingerprint density at radius 1 is 1.07 bits per heavy atom. The van der Waals surface area contributed by atoms with Crippen LogP contribution in [0.5, 0.6) is 0 Å². The van der Waals surface area contributed by atoms with E-state index >= 15 is 0 Å². The highest BCUT2D eigenvalue weighted by Gasteiger charge is 2.35. The molecule has 0 aliphatic rings. The average Bonchev–Trinajstić information content (AvgIpc) is 2.62. The number of hydrogen-bond donors (Lipinski definition) is 3. The Kier molecular flexibility index (Phi) is 7.85. The van der Waals surface area contributed by atoms with E-state index < -0.39 is 20.8 Å². The van der Waals surface area contributed by atoms with E-state index in [-0.39, 0.29) is 16.4 Å². The molecule has 0 saturated carbocycles. The molecule has 148 valence electrons. The summed E-state index contributed by atoms with van der Waals surface area (Å²) in [6.07, 6.45) is -1.17. The second-order valence-electron chi connectivity index (χ2n) is 5.36. The Morgan fingerprint density at radius 2 is 1.64 bits per heavy atom. The molecule has 1 atom stereocenters. The maximum atomic E-state index is 12.4. The van der Waals surface area contributed by atoms with Crippen LogP contribution in [-0.2, 0) is 0 Å². The third-order valence-electron chi connectivity index (χ3n) is 3.32. The quantitative estimate of drug-likeness (QED) is 0.171. The van der Waals surface area contributed by atoms with Crippen LogP contribution in [0.2, 0.25) is 0 Å². The maximum Gasteiger partial charge on any atom is 0.269 e. The lowest BCUT2D eigenvalue weighted by molar-refractivity contribution is -0.384. The first-order valence-corrected chi connectivity index (χ1v) is 9.85. The molecule has 0 bridgehead atoms. The Labute approximate surface area is 189 Å². The van der Waals surface area contributed by atoms with Crippen molar-refractivity contribution in [1.82, 2.24) is 10.6 Å². The number of non-ortho nitro benzene ring substituents is 1. The van der Waals surface area contributed by atoms with Crippen molar-refractivity contribution < 1.29 is 9.72 Å². The second-order valence-corrected chi connectivity index (χ2v) is 9.05. The fourth-order valence-electron chi connectivity index (χ4n) is 1.98. The van der Waals surface area contributed by atoms with Crippen LogP contribution >= 0.6 is 63.0 Å². The highest BCUT2D eigenvalue weighted by Crippen LogP contribution is 2.29. The lowest BCUT2D eigenvalue weighted by Gasteiger charge is -2.27. The van der Waals surface area contributed by atoms with Gasteiger partial charge in [-0.3, -0.25) is 14.9 Å². The summed E-state index contributed by atoms with van der Waals surface area (Å²) in [4.78, 5) is 22.5. The number of halogens is 4. The van der Waals surface area contributed by atoms with Crippen molar-refractivity contribution in [3.05, 3.63) is 68.7 Å². The van der Waals surface area contributed by atoms with Gasteiger partial charge in [0.2, 0.25) is 3.79 Å². The molecule has 3 N–H and O–H groups in total. The molecule has 2 aromatic carbocycles. The number of nitro benzene ring substituents is 1. The number of benzene rings is 2. The number of alkyl halides is 3. The van der Waals surface area contributed by atoms with Crippen LogP contribution in [0.3, 0.4) is 0 Å². The molecule has 0 aliphatic heterocycles. The first kappa shape index (κ1) is 22.6. The van der Waals surface area contributed by atoms with Gasteiger partial charge in [0.15, 0.2) is 5.11 Å². The monoisotopic (exact) mass is 524 g/mol. The second kappa shape index (κ2) is 9.71. The van der Waals surface area contributed by atoms with Crippen LogP contribution in [0.25, 0.3) is 0 Å². The lowest BCUT2D eigenvalue weighted by Crippen LogP contribution is -2.56. The summed E-state index contributed by atoms with van der Waals surface area (Å²) >= 11 is 26.3. The van der Waals surface area contributed by atoms with Gasteiger partial charge in [-0.15, -0.1) is 0 Å². The summed E-state index contributed by atoms with van der Waals surface area (Å²) in [5.41, 5.74) is 0.691. The maximum absolute atomic E-state index is 12.4. The molecule has 0 heterocycles. The zero-order valence-electron chi connectivity index (χ0n) is 13.8. The van der Waals surface area contributed by atoms with E-state index in [2.05, 4.69) is 31.9 Å².